The summed E-state index contributed by atoms with van der Waals surface area (Å²) in [5.41, 5.74) is 2.98. The van der Waals surface area contributed by atoms with Gasteiger partial charge in [0.25, 0.3) is 0 Å². The van der Waals surface area contributed by atoms with Crippen LogP contribution in [0, 0.1) is 0 Å². The van der Waals surface area contributed by atoms with Crippen LogP contribution in [0.2, 0.25) is 0 Å². The standard InChI is InChI=1S/C19H24N4O3S/c1-27(25,26)23-12-15-9-5-4-8-14(15)10-17(23)19(24)20-18-11-16(21-22-18)13-6-2-3-7-13/h4-5,8-9,11,13,17H,2-3,6-7,10,12H2,1H3,(H2,20,21,22,24). The molecule has 1 aromatic carbocycles. The molecule has 0 radical (unpaired) electrons. The molecule has 1 aromatic heterocycles. The number of nitrogens with zero attached hydrogens (tertiary/aromatic N) is 2. The van der Waals surface area contributed by atoms with Crippen LogP contribution in [0.3, 0.4) is 0 Å². The van der Waals surface area contributed by atoms with Gasteiger partial charge < -0.3 is 5.32 Å². The van der Waals surface area contributed by atoms with Crippen LogP contribution >= 0.6 is 0 Å². The number of sulfonamides is 1. The van der Waals surface area contributed by atoms with E-state index < -0.39 is 16.1 Å². The lowest BCUT2D eigenvalue weighted by Gasteiger charge is -2.33. The zero-order chi connectivity index (χ0) is 19.0. The number of hydrogen-bond donors (Lipinski definition) is 2. The summed E-state index contributed by atoms with van der Waals surface area (Å²) in [7, 11) is -3.52. The summed E-state index contributed by atoms with van der Waals surface area (Å²) in [6.07, 6.45) is 6.21. The van der Waals surface area contributed by atoms with Gasteiger partial charge in [-0.05, 0) is 30.4 Å². The number of amides is 1. The van der Waals surface area contributed by atoms with Crippen LogP contribution in [-0.4, -0.2) is 41.1 Å². The van der Waals surface area contributed by atoms with Gasteiger partial charge in [0.2, 0.25) is 15.9 Å². The van der Waals surface area contributed by atoms with Crippen LogP contribution in [0.25, 0.3) is 0 Å². The fourth-order valence-corrected chi connectivity index (χ4v) is 5.13. The maximum absolute atomic E-state index is 12.9. The molecule has 2 aliphatic rings. The number of rotatable bonds is 4. The van der Waals surface area contributed by atoms with Crippen LogP contribution in [0.1, 0.15) is 48.4 Å². The summed E-state index contributed by atoms with van der Waals surface area (Å²) in [6, 6.07) is 8.74. The van der Waals surface area contributed by atoms with Crippen LogP contribution < -0.4 is 5.32 Å². The maximum Gasteiger partial charge on any atom is 0.244 e. The highest BCUT2D eigenvalue weighted by Crippen LogP contribution is 2.34. The first-order valence-corrected chi connectivity index (χ1v) is 11.2. The van der Waals surface area contributed by atoms with E-state index in [9.17, 15) is 13.2 Å². The Hall–Kier alpha value is -2.19. The summed E-state index contributed by atoms with van der Waals surface area (Å²) >= 11 is 0. The predicted octanol–water partition coefficient (Wildman–Crippen LogP) is 2.39. The van der Waals surface area contributed by atoms with Crippen LogP contribution in [-0.2, 0) is 27.8 Å². The lowest BCUT2D eigenvalue weighted by atomic mass is 9.95. The van der Waals surface area contributed by atoms with Crippen molar-refractivity contribution in [2.24, 2.45) is 0 Å². The largest absolute Gasteiger partial charge is 0.308 e. The Kier molecular flexibility index (Phi) is 4.77. The van der Waals surface area contributed by atoms with Crippen molar-refractivity contribution < 1.29 is 13.2 Å². The van der Waals surface area contributed by atoms with E-state index in [0.29, 0.717) is 18.2 Å². The Balaban J connectivity index is 1.54. The molecule has 0 saturated heterocycles. The van der Waals surface area contributed by atoms with Gasteiger partial charge in [-0.1, -0.05) is 37.1 Å². The first kappa shape index (κ1) is 18.2. The number of nitrogens with one attached hydrogen (secondary N) is 2. The summed E-state index contributed by atoms with van der Waals surface area (Å²) in [5, 5.41) is 10.0. The molecule has 1 saturated carbocycles. The van der Waals surface area contributed by atoms with Crippen molar-refractivity contribution in [3.8, 4) is 0 Å². The minimum atomic E-state index is -3.52. The van der Waals surface area contributed by atoms with E-state index in [1.54, 1.807) is 0 Å². The van der Waals surface area contributed by atoms with Crippen LogP contribution in [0.15, 0.2) is 30.3 Å². The molecule has 1 atom stereocenters. The quantitative estimate of drug-likeness (QED) is 0.841. The van der Waals surface area contributed by atoms with Gasteiger partial charge in [0.1, 0.15) is 6.04 Å². The van der Waals surface area contributed by atoms with Crippen molar-refractivity contribution in [3.63, 3.8) is 0 Å². The Morgan fingerprint density at radius 1 is 1.22 bits per heavy atom. The second-order valence-electron chi connectivity index (χ2n) is 7.48. The van der Waals surface area contributed by atoms with E-state index >= 15 is 0 Å². The molecule has 1 unspecified atom stereocenters. The third-order valence-corrected chi connectivity index (χ3v) is 6.81. The molecule has 1 aliphatic heterocycles. The van der Waals surface area contributed by atoms with E-state index in [2.05, 4.69) is 15.5 Å². The molecule has 7 nitrogen and oxygen atoms in total. The highest BCUT2D eigenvalue weighted by molar-refractivity contribution is 7.88. The number of aromatic nitrogens is 2. The van der Waals surface area contributed by atoms with Crippen molar-refractivity contribution in [1.29, 1.82) is 0 Å². The average Bonchev–Trinajstić information content (AvgIpc) is 3.31. The summed E-state index contributed by atoms with van der Waals surface area (Å²) in [4.78, 5) is 12.9. The highest BCUT2D eigenvalue weighted by atomic mass is 32.2. The second-order valence-corrected chi connectivity index (χ2v) is 9.41. The molecule has 2 heterocycles. The molecule has 144 valence electrons. The Bertz CT molecular complexity index is 947. The SMILES string of the molecule is CS(=O)(=O)N1Cc2ccccc2CC1C(=O)Nc1cc(C2CCCC2)[nH]n1. The topological polar surface area (TPSA) is 95.2 Å². The smallest absolute Gasteiger partial charge is 0.244 e. The number of hydrogen-bond acceptors (Lipinski definition) is 4. The first-order chi connectivity index (χ1) is 12.9. The van der Waals surface area contributed by atoms with Crippen molar-refractivity contribution in [3.05, 3.63) is 47.2 Å². The number of carbonyl (C=O) groups is 1. The van der Waals surface area contributed by atoms with Gasteiger partial charge in [-0.2, -0.15) is 9.40 Å². The predicted molar refractivity (Wildman–Crippen MR) is 103 cm³/mol. The average molecular weight is 388 g/mol. The maximum atomic E-state index is 12.9. The van der Waals surface area contributed by atoms with E-state index in [4.69, 9.17) is 0 Å². The molecular formula is C19H24N4O3S. The zero-order valence-electron chi connectivity index (χ0n) is 15.3. The molecule has 2 aromatic rings. The summed E-state index contributed by atoms with van der Waals surface area (Å²) in [6.45, 7) is 0.209. The molecule has 0 bridgehead atoms. The molecule has 1 fully saturated rings. The number of benzene rings is 1. The van der Waals surface area contributed by atoms with Gasteiger partial charge >= 0.3 is 0 Å². The number of aromatic amines is 1. The highest BCUT2D eigenvalue weighted by Gasteiger charge is 2.37. The minimum Gasteiger partial charge on any atom is -0.308 e. The summed E-state index contributed by atoms with van der Waals surface area (Å²) in [5.74, 6) is 0.575. The molecule has 4 rings (SSSR count). The number of fused-ring (bicyclic) bond motifs is 1. The number of anilines is 1. The molecule has 0 spiro atoms. The Labute approximate surface area is 159 Å². The summed E-state index contributed by atoms with van der Waals surface area (Å²) < 4.78 is 25.8. The van der Waals surface area contributed by atoms with Crippen molar-refractivity contribution in [1.82, 2.24) is 14.5 Å². The van der Waals surface area contributed by atoms with E-state index in [0.717, 1.165) is 35.9 Å². The van der Waals surface area contributed by atoms with Gasteiger partial charge in [0, 0.05) is 24.2 Å². The van der Waals surface area contributed by atoms with Gasteiger partial charge in [-0.15, -0.1) is 0 Å². The first-order valence-electron chi connectivity index (χ1n) is 9.31. The zero-order valence-corrected chi connectivity index (χ0v) is 16.1. The molecule has 2 N–H and O–H groups in total. The van der Waals surface area contributed by atoms with E-state index in [-0.39, 0.29) is 12.5 Å². The van der Waals surface area contributed by atoms with Gasteiger partial charge in [0.05, 0.1) is 6.26 Å². The monoisotopic (exact) mass is 388 g/mol. The third-order valence-electron chi connectivity index (χ3n) is 5.58. The van der Waals surface area contributed by atoms with Crippen LogP contribution in [0.5, 0.6) is 0 Å². The number of H-pyrrole nitrogens is 1. The third kappa shape index (κ3) is 3.77. The lowest BCUT2D eigenvalue weighted by Crippen LogP contribution is -2.50. The van der Waals surface area contributed by atoms with Crippen molar-refractivity contribution in [2.75, 3.05) is 11.6 Å². The Morgan fingerprint density at radius 2 is 1.93 bits per heavy atom. The van der Waals surface area contributed by atoms with E-state index in [1.165, 1.54) is 17.1 Å². The second kappa shape index (κ2) is 7.09. The fraction of sp³-hybridized carbons (Fsp3) is 0.474. The molecule has 27 heavy (non-hydrogen) atoms. The molecule has 8 heteroatoms. The Morgan fingerprint density at radius 3 is 2.63 bits per heavy atom. The van der Waals surface area contributed by atoms with Crippen LogP contribution in [0.4, 0.5) is 5.82 Å². The lowest BCUT2D eigenvalue weighted by molar-refractivity contribution is -0.120. The molecule has 1 amide bonds. The number of carbonyl (C=O) groups excluding carboxylic acids is 1. The van der Waals surface area contributed by atoms with Gasteiger partial charge in [0.15, 0.2) is 5.82 Å². The fourth-order valence-electron chi connectivity index (χ4n) is 4.13. The molecule has 1 aliphatic carbocycles. The normalized spacial score (nSPS) is 21.1. The molecular weight excluding hydrogens is 364 g/mol. The van der Waals surface area contributed by atoms with Crippen molar-refractivity contribution in [2.45, 2.75) is 50.6 Å². The minimum absolute atomic E-state index is 0.209. The van der Waals surface area contributed by atoms with Gasteiger partial charge in [-0.25, -0.2) is 8.42 Å². The van der Waals surface area contributed by atoms with Crippen molar-refractivity contribution >= 4 is 21.7 Å². The van der Waals surface area contributed by atoms with Gasteiger partial charge in [-0.3, -0.25) is 9.89 Å². The van der Waals surface area contributed by atoms with E-state index in [1.807, 2.05) is 30.3 Å².